The number of carbonyl (C=O) groups is 1. The Balaban J connectivity index is 1.79. The second-order valence-corrected chi connectivity index (χ2v) is 6.97. The fourth-order valence-corrected chi connectivity index (χ4v) is 3.50. The Hall–Kier alpha value is -1.38. The van der Waals surface area contributed by atoms with E-state index in [2.05, 4.69) is 14.6 Å². The van der Waals surface area contributed by atoms with Gasteiger partial charge in [-0.2, -0.15) is 0 Å². The summed E-state index contributed by atoms with van der Waals surface area (Å²) in [6.45, 7) is 3.42. The number of hydrogen-bond donors (Lipinski definition) is 3. The highest BCUT2D eigenvalue weighted by Gasteiger charge is 2.18. The number of hydrogen-bond acceptors (Lipinski definition) is 4. The normalized spacial score (nSPS) is 17.0. The minimum atomic E-state index is -3.64. The average molecular weight is 315 g/mol. The fourth-order valence-electron chi connectivity index (χ4n) is 2.43. The molecule has 0 aliphatic carbocycles. The molecule has 118 valence electrons. The maximum Gasteiger partial charge on any atom is 0.352 e. The molecular formula is C13H21N3O4S. The van der Waals surface area contributed by atoms with Crippen LogP contribution < -0.4 is 4.72 Å². The fraction of sp³-hybridized carbons (Fsp3) is 0.615. The number of aromatic nitrogens is 1. The molecule has 1 fully saturated rings. The molecule has 0 aromatic carbocycles. The van der Waals surface area contributed by atoms with Crippen LogP contribution in [0.1, 0.15) is 36.2 Å². The van der Waals surface area contributed by atoms with Crippen LogP contribution in [0.4, 0.5) is 0 Å². The molecule has 8 heteroatoms. The standard InChI is InChI=1S/C13H21N3O4S/c17-13(18)12-9-11(10-14-12)21(19,20)15-5-4-8-16-6-2-1-3-7-16/h9-10,14-15H,1-8H2,(H,17,18). The molecule has 3 N–H and O–H groups in total. The molecule has 1 aliphatic heterocycles. The average Bonchev–Trinajstić information content (AvgIpc) is 2.96. The molecular weight excluding hydrogens is 294 g/mol. The van der Waals surface area contributed by atoms with E-state index >= 15 is 0 Å². The highest BCUT2D eigenvalue weighted by molar-refractivity contribution is 7.89. The predicted molar refractivity (Wildman–Crippen MR) is 77.8 cm³/mol. The van der Waals surface area contributed by atoms with Crippen molar-refractivity contribution in [3.63, 3.8) is 0 Å². The van der Waals surface area contributed by atoms with Gasteiger partial charge in [0.15, 0.2) is 0 Å². The van der Waals surface area contributed by atoms with E-state index in [1.54, 1.807) is 0 Å². The zero-order valence-corrected chi connectivity index (χ0v) is 12.7. The molecule has 2 heterocycles. The Morgan fingerprint density at radius 3 is 2.67 bits per heavy atom. The van der Waals surface area contributed by atoms with Crippen molar-refractivity contribution in [3.05, 3.63) is 18.0 Å². The van der Waals surface area contributed by atoms with Crippen molar-refractivity contribution in [2.45, 2.75) is 30.6 Å². The molecule has 0 saturated carbocycles. The minimum Gasteiger partial charge on any atom is -0.477 e. The summed E-state index contributed by atoms with van der Waals surface area (Å²) >= 11 is 0. The first-order chi connectivity index (χ1) is 9.99. The van der Waals surface area contributed by atoms with Crippen LogP contribution in [0.3, 0.4) is 0 Å². The van der Waals surface area contributed by atoms with Gasteiger partial charge in [0.25, 0.3) is 0 Å². The highest BCUT2D eigenvalue weighted by atomic mass is 32.2. The van der Waals surface area contributed by atoms with E-state index in [-0.39, 0.29) is 10.6 Å². The van der Waals surface area contributed by atoms with Crippen molar-refractivity contribution in [2.75, 3.05) is 26.2 Å². The summed E-state index contributed by atoms with van der Waals surface area (Å²) in [7, 11) is -3.64. The highest BCUT2D eigenvalue weighted by Crippen LogP contribution is 2.11. The van der Waals surface area contributed by atoms with Crippen LogP contribution in [0.25, 0.3) is 0 Å². The van der Waals surface area contributed by atoms with Crippen molar-refractivity contribution in [1.82, 2.24) is 14.6 Å². The molecule has 1 saturated heterocycles. The van der Waals surface area contributed by atoms with Crippen LogP contribution in [0.5, 0.6) is 0 Å². The van der Waals surface area contributed by atoms with Gasteiger partial charge in [0.1, 0.15) is 10.6 Å². The lowest BCUT2D eigenvalue weighted by Gasteiger charge is -2.26. The maximum atomic E-state index is 12.0. The topological polar surface area (TPSA) is 102 Å². The lowest BCUT2D eigenvalue weighted by Crippen LogP contribution is -2.33. The predicted octanol–water partition coefficient (Wildman–Crippen LogP) is 0.867. The number of H-pyrrole nitrogens is 1. The van der Waals surface area contributed by atoms with E-state index in [1.807, 2.05) is 0 Å². The SMILES string of the molecule is O=C(O)c1cc(S(=O)(=O)NCCCN2CCCCC2)c[nH]1. The Kier molecular flexibility index (Phi) is 5.38. The van der Waals surface area contributed by atoms with E-state index in [0.717, 1.165) is 32.1 Å². The van der Waals surface area contributed by atoms with Crippen LogP contribution >= 0.6 is 0 Å². The Morgan fingerprint density at radius 1 is 1.33 bits per heavy atom. The Morgan fingerprint density at radius 2 is 2.05 bits per heavy atom. The minimum absolute atomic E-state index is 0.0436. The molecule has 0 spiro atoms. The molecule has 0 unspecified atom stereocenters. The number of piperidine rings is 1. The van der Waals surface area contributed by atoms with Gasteiger partial charge in [-0.3, -0.25) is 0 Å². The molecule has 1 aliphatic rings. The van der Waals surface area contributed by atoms with Gasteiger partial charge in [0.2, 0.25) is 10.0 Å². The van der Waals surface area contributed by atoms with Gasteiger partial charge in [0.05, 0.1) is 0 Å². The summed E-state index contributed by atoms with van der Waals surface area (Å²) in [6, 6.07) is 1.12. The summed E-state index contributed by atoms with van der Waals surface area (Å²) < 4.78 is 26.5. The smallest absolute Gasteiger partial charge is 0.352 e. The zero-order chi connectivity index (χ0) is 15.3. The summed E-state index contributed by atoms with van der Waals surface area (Å²) in [5.41, 5.74) is -0.135. The van der Waals surface area contributed by atoms with Gasteiger partial charge in [-0.1, -0.05) is 6.42 Å². The Bertz CT molecular complexity index is 576. The number of nitrogens with one attached hydrogen (secondary N) is 2. The molecule has 1 aromatic rings. The van der Waals surface area contributed by atoms with Crippen molar-refractivity contribution < 1.29 is 18.3 Å². The maximum absolute atomic E-state index is 12.0. The third kappa shape index (κ3) is 4.55. The number of aromatic carboxylic acids is 1. The number of aromatic amines is 1. The first kappa shape index (κ1) is 16.0. The van der Waals surface area contributed by atoms with Crippen molar-refractivity contribution in [3.8, 4) is 0 Å². The van der Waals surface area contributed by atoms with Gasteiger partial charge in [0, 0.05) is 12.7 Å². The summed E-state index contributed by atoms with van der Waals surface area (Å²) in [5.74, 6) is -1.18. The first-order valence-corrected chi connectivity index (χ1v) is 8.61. The third-order valence-electron chi connectivity index (χ3n) is 3.59. The van der Waals surface area contributed by atoms with E-state index in [4.69, 9.17) is 5.11 Å². The molecule has 0 amide bonds. The van der Waals surface area contributed by atoms with Crippen molar-refractivity contribution in [1.29, 1.82) is 0 Å². The number of nitrogens with zero attached hydrogens (tertiary/aromatic N) is 1. The monoisotopic (exact) mass is 315 g/mol. The molecule has 0 bridgehead atoms. The second kappa shape index (κ2) is 7.06. The van der Waals surface area contributed by atoms with Gasteiger partial charge < -0.3 is 15.0 Å². The molecule has 0 radical (unpaired) electrons. The van der Waals surface area contributed by atoms with E-state index in [0.29, 0.717) is 6.54 Å². The summed E-state index contributed by atoms with van der Waals surface area (Å²) in [4.78, 5) is 15.5. The molecule has 1 aromatic heterocycles. The van der Waals surface area contributed by atoms with Gasteiger partial charge in [-0.25, -0.2) is 17.9 Å². The van der Waals surface area contributed by atoms with Gasteiger partial charge >= 0.3 is 5.97 Å². The lowest BCUT2D eigenvalue weighted by atomic mass is 10.1. The summed E-state index contributed by atoms with van der Waals surface area (Å²) in [5, 5.41) is 8.77. The van der Waals surface area contributed by atoms with E-state index in [9.17, 15) is 13.2 Å². The van der Waals surface area contributed by atoms with Crippen LogP contribution in [-0.4, -0.2) is 55.6 Å². The first-order valence-electron chi connectivity index (χ1n) is 7.13. The Labute approximate surface area is 124 Å². The van der Waals surface area contributed by atoms with Crippen LogP contribution in [-0.2, 0) is 10.0 Å². The largest absolute Gasteiger partial charge is 0.477 e. The number of rotatable bonds is 7. The quantitative estimate of drug-likeness (QED) is 0.648. The molecule has 21 heavy (non-hydrogen) atoms. The van der Waals surface area contributed by atoms with Crippen LogP contribution in [0.15, 0.2) is 17.2 Å². The zero-order valence-electron chi connectivity index (χ0n) is 11.8. The number of sulfonamides is 1. The number of carboxylic acids is 1. The third-order valence-corrected chi connectivity index (χ3v) is 5.03. The number of likely N-dealkylation sites (tertiary alicyclic amines) is 1. The molecule has 0 atom stereocenters. The van der Waals surface area contributed by atoms with Gasteiger partial charge in [-0.15, -0.1) is 0 Å². The van der Waals surface area contributed by atoms with Crippen LogP contribution in [0, 0.1) is 0 Å². The number of carboxylic acid groups (broad SMARTS) is 1. The van der Waals surface area contributed by atoms with Crippen molar-refractivity contribution in [2.24, 2.45) is 0 Å². The van der Waals surface area contributed by atoms with Crippen molar-refractivity contribution >= 4 is 16.0 Å². The van der Waals surface area contributed by atoms with Gasteiger partial charge in [-0.05, 0) is 45.0 Å². The lowest BCUT2D eigenvalue weighted by molar-refractivity contribution is 0.0691. The molecule has 2 rings (SSSR count). The molecule has 7 nitrogen and oxygen atoms in total. The van der Waals surface area contributed by atoms with Crippen LogP contribution in [0.2, 0.25) is 0 Å². The summed E-state index contributed by atoms with van der Waals surface area (Å²) in [6.07, 6.45) is 5.65. The van der Waals surface area contributed by atoms with E-state index in [1.165, 1.54) is 25.5 Å². The van der Waals surface area contributed by atoms with E-state index < -0.39 is 16.0 Å². The second-order valence-electron chi connectivity index (χ2n) is 5.21.